The summed E-state index contributed by atoms with van der Waals surface area (Å²) in [4.78, 5) is 29.1. The van der Waals surface area contributed by atoms with Gasteiger partial charge < -0.3 is 9.67 Å². The highest BCUT2D eigenvalue weighted by atomic mass is 16.3. The minimum absolute atomic E-state index is 0.0446. The first kappa shape index (κ1) is 18.6. The minimum Gasteiger partial charge on any atom is -0.506 e. The van der Waals surface area contributed by atoms with Crippen LogP contribution in [-0.2, 0) is 7.05 Å². The molecule has 1 atom stereocenters. The number of aromatic nitrogens is 1. The molecule has 0 radical (unpaired) electrons. The van der Waals surface area contributed by atoms with E-state index < -0.39 is 11.6 Å². The van der Waals surface area contributed by atoms with Crippen molar-refractivity contribution in [1.29, 1.82) is 0 Å². The fourth-order valence-electron chi connectivity index (χ4n) is 3.42. The number of urea groups is 1. The van der Waals surface area contributed by atoms with Crippen molar-refractivity contribution in [2.45, 2.75) is 12.5 Å². The molecule has 7 nitrogen and oxygen atoms in total. The number of aryl methyl sites for hydroxylation is 1. The van der Waals surface area contributed by atoms with Gasteiger partial charge >= 0.3 is 6.03 Å². The normalized spacial score (nSPS) is 17.2. The van der Waals surface area contributed by atoms with Crippen LogP contribution in [0.1, 0.15) is 17.5 Å². The van der Waals surface area contributed by atoms with Crippen LogP contribution in [0.2, 0.25) is 0 Å². The third-order valence-electron chi connectivity index (χ3n) is 4.90. The largest absolute Gasteiger partial charge is 0.506 e. The third kappa shape index (κ3) is 3.68. The Balaban J connectivity index is 1.76. The molecular weight excluding hydrogens is 368 g/mol. The standard InChI is InChI=1S/C22H20N4O3/c1-26-18-10-6-5-9-16(18)20(27)19(21(26)28)17-13-15(24-25-22(29)23-17)12-11-14-7-3-2-4-8-14/h2-12,15,24,27H,13H2,1H3,(H,25,29)/b12-11+/t15-/m1/s1. The van der Waals surface area contributed by atoms with Crippen molar-refractivity contribution in [3.05, 3.63) is 82.2 Å². The van der Waals surface area contributed by atoms with Gasteiger partial charge in [-0.05, 0) is 17.7 Å². The number of nitrogens with one attached hydrogen (secondary N) is 2. The fraction of sp³-hybridized carbons (Fsp3) is 0.136. The number of hydrogen-bond donors (Lipinski definition) is 3. The lowest BCUT2D eigenvalue weighted by molar-refractivity contribution is 0.245. The second-order valence-corrected chi connectivity index (χ2v) is 6.82. The van der Waals surface area contributed by atoms with Gasteiger partial charge in [0.25, 0.3) is 5.56 Å². The molecule has 3 aromatic rings. The summed E-state index contributed by atoms with van der Waals surface area (Å²) in [7, 11) is 1.63. The Hall–Kier alpha value is -3.71. The average Bonchev–Trinajstić information content (AvgIpc) is 2.93. The Morgan fingerprint density at radius 2 is 1.83 bits per heavy atom. The molecule has 0 unspecified atom stereocenters. The van der Waals surface area contributed by atoms with E-state index >= 15 is 0 Å². The maximum absolute atomic E-state index is 13.0. The molecule has 2 heterocycles. The molecule has 29 heavy (non-hydrogen) atoms. The first-order chi connectivity index (χ1) is 14.0. The van der Waals surface area contributed by atoms with Crippen LogP contribution < -0.4 is 16.4 Å². The summed E-state index contributed by atoms with van der Waals surface area (Å²) >= 11 is 0. The molecule has 0 aliphatic carbocycles. The molecule has 1 aliphatic rings. The molecule has 0 fully saturated rings. The SMILES string of the molecule is Cn1c(=O)c(C2=NC(=O)NN[C@H](/C=C/c3ccccc3)C2)c(O)c2ccccc21. The summed E-state index contributed by atoms with van der Waals surface area (Å²) in [6.45, 7) is 0. The number of rotatable bonds is 3. The number of amides is 2. The van der Waals surface area contributed by atoms with Gasteiger partial charge in [-0.2, -0.15) is 4.99 Å². The molecule has 4 rings (SSSR count). The van der Waals surface area contributed by atoms with Gasteiger partial charge in [-0.3, -0.25) is 10.2 Å². The van der Waals surface area contributed by atoms with E-state index in [0.29, 0.717) is 10.9 Å². The molecule has 0 spiro atoms. The van der Waals surface area contributed by atoms with Gasteiger partial charge in [0, 0.05) is 18.9 Å². The van der Waals surface area contributed by atoms with Crippen LogP contribution in [0.3, 0.4) is 0 Å². The van der Waals surface area contributed by atoms with Gasteiger partial charge in [0.1, 0.15) is 11.3 Å². The summed E-state index contributed by atoms with van der Waals surface area (Å²) in [5.74, 6) is -0.164. The van der Waals surface area contributed by atoms with E-state index in [2.05, 4.69) is 15.8 Å². The molecular formula is C22H20N4O3. The quantitative estimate of drug-likeness (QED) is 0.643. The lowest BCUT2D eigenvalue weighted by atomic mass is 10.00. The summed E-state index contributed by atoms with van der Waals surface area (Å²) in [5.41, 5.74) is 6.90. The third-order valence-corrected chi connectivity index (χ3v) is 4.90. The lowest BCUT2D eigenvalue weighted by Gasteiger charge is -2.15. The van der Waals surface area contributed by atoms with E-state index in [9.17, 15) is 14.7 Å². The van der Waals surface area contributed by atoms with Crippen molar-refractivity contribution in [2.24, 2.45) is 12.0 Å². The van der Waals surface area contributed by atoms with E-state index in [-0.39, 0.29) is 29.5 Å². The van der Waals surface area contributed by atoms with Crippen molar-refractivity contribution < 1.29 is 9.90 Å². The highest BCUT2D eigenvalue weighted by Gasteiger charge is 2.24. The first-order valence-electron chi connectivity index (χ1n) is 9.22. The average molecular weight is 388 g/mol. The number of aliphatic imine (C=N–C) groups is 1. The number of pyridine rings is 1. The summed E-state index contributed by atoms with van der Waals surface area (Å²) in [5, 5.41) is 11.3. The van der Waals surface area contributed by atoms with E-state index in [1.54, 1.807) is 31.3 Å². The molecule has 1 aliphatic heterocycles. The Morgan fingerprint density at radius 3 is 2.62 bits per heavy atom. The van der Waals surface area contributed by atoms with Crippen molar-refractivity contribution >= 4 is 28.7 Å². The maximum atomic E-state index is 13.0. The highest BCUT2D eigenvalue weighted by Crippen LogP contribution is 2.27. The highest BCUT2D eigenvalue weighted by molar-refractivity contribution is 6.11. The van der Waals surface area contributed by atoms with Gasteiger partial charge in [-0.25, -0.2) is 10.2 Å². The molecule has 146 valence electrons. The van der Waals surface area contributed by atoms with Crippen LogP contribution in [0.4, 0.5) is 4.79 Å². The fourth-order valence-corrected chi connectivity index (χ4v) is 3.42. The van der Waals surface area contributed by atoms with E-state index in [1.807, 2.05) is 42.5 Å². The van der Waals surface area contributed by atoms with Crippen LogP contribution in [0.15, 0.2) is 70.5 Å². The lowest BCUT2D eigenvalue weighted by Crippen LogP contribution is -2.40. The predicted octanol–water partition coefficient (Wildman–Crippen LogP) is 2.73. The molecule has 3 N–H and O–H groups in total. The summed E-state index contributed by atoms with van der Waals surface area (Å²) < 4.78 is 1.46. The zero-order valence-electron chi connectivity index (χ0n) is 15.8. The van der Waals surface area contributed by atoms with Crippen molar-refractivity contribution in [3.8, 4) is 5.75 Å². The van der Waals surface area contributed by atoms with Gasteiger partial charge in [0.15, 0.2) is 0 Å². The number of carbonyl (C=O) groups excluding carboxylic acids is 1. The van der Waals surface area contributed by atoms with Crippen LogP contribution in [0, 0.1) is 0 Å². The molecule has 0 bridgehead atoms. The van der Waals surface area contributed by atoms with Crippen molar-refractivity contribution in [1.82, 2.24) is 15.4 Å². The number of benzene rings is 2. The smallest absolute Gasteiger partial charge is 0.355 e. The van der Waals surface area contributed by atoms with E-state index in [1.165, 1.54) is 4.57 Å². The predicted molar refractivity (Wildman–Crippen MR) is 113 cm³/mol. The topological polar surface area (TPSA) is 95.7 Å². The van der Waals surface area contributed by atoms with Gasteiger partial charge in [0.2, 0.25) is 0 Å². The molecule has 2 aromatic carbocycles. The Labute approximate surface area is 167 Å². The second kappa shape index (κ2) is 7.73. The molecule has 2 amide bonds. The molecule has 0 saturated carbocycles. The van der Waals surface area contributed by atoms with Gasteiger partial charge in [-0.15, -0.1) is 0 Å². The minimum atomic E-state index is -0.620. The van der Waals surface area contributed by atoms with Gasteiger partial charge in [-0.1, -0.05) is 54.6 Å². The number of aromatic hydroxyl groups is 1. The summed E-state index contributed by atoms with van der Waals surface area (Å²) in [6, 6.07) is 15.9. The van der Waals surface area contributed by atoms with E-state index in [4.69, 9.17) is 0 Å². The van der Waals surface area contributed by atoms with E-state index in [0.717, 1.165) is 5.56 Å². The van der Waals surface area contributed by atoms with Crippen molar-refractivity contribution in [2.75, 3.05) is 0 Å². The van der Waals surface area contributed by atoms with Crippen molar-refractivity contribution in [3.63, 3.8) is 0 Å². The zero-order valence-corrected chi connectivity index (χ0v) is 15.8. The van der Waals surface area contributed by atoms with Crippen LogP contribution in [0.25, 0.3) is 17.0 Å². The number of carbonyl (C=O) groups is 1. The number of nitrogens with zero attached hydrogens (tertiary/aromatic N) is 2. The maximum Gasteiger partial charge on any atom is 0.355 e. The number of fused-ring (bicyclic) bond motifs is 1. The monoisotopic (exact) mass is 388 g/mol. The number of para-hydroxylation sites is 1. The molecule has 7 heteroatoms. The zero-order chi connectivity index (χ0) is 20.4. The number of hydrogen-bond acceptors (Lipinski definition) is 4. The first-order valence-corrected chi connectivity index (χ1v) is 9.22. The number of hydrazine groups is 1. The summed E-state index contributed by atoms with van der Waals surface area (Å²) in [6.07, 6.45) is 4.06. The Kier molecular flexibility index (Phi) is 4.97. The molecule has 1 aromatic heterocycles. The second-order valence-electron chi connectivity index (χ2n) is 6.82. The van der Waals surface area contributed by atoms with Crippen LogP contribution in [-0.4, -0.2) is 27.5 Å². The van der Waals surface area contributed by atoms with Crippen LogP contribution in [0.5, 0.6) is 5.75 Å². The van der Waals surface area contributed by atoms with Gasteiger partial charge in [0.05, 0.1) is 17.3 Å². The Bertz CT molecular complexity index is 1200. The Morgan fingerprint density at radius 1 is 1.10 bits per heavy atom. The van der Waals surface area contributed by atoms with Crippen LogP contribution >= 0.6 is 0 Å². The molecule has 0 saturated heterocycles.